The summed E-state index contributed by atoms with van der Waals surface area (Å²) in [5.74, 6) is -0.0692. The highest BCUT2D eigenvalue weighted by atomic mass is 32.2. The largest absolute Gasteiger partial charge is 0.371 e. The fourth-order valence-electron chi connectivity index (χ4n) is 1.02. The van der Waals surface area contributed by atoms with Gasteiger partial charge in [-0.1, -0.05) is 12.1 Å². The van der Waals surface area contributed by atoms with Crippen molar-refractivity contribution in [3.8, 4) is 0 Å². The van der Waals surface area contributed by atoms with Gasteiger partial charge in [-0.05, 0) is 26.0 Å². The van der Waals surface area contributed by atoms with Crippen LogP contribution in [-0.2, 0) is 9.53 Å². The number of ketones is 1. The van der Waals surface area contributed by atoms with E-state index in [9.17, 15) is 9.18 Å². The van der Waals surface area contributed by atoms with Gasteiger partial charge in [0.1, 0.15) is 12.4 Å². The number of hydrogen-bond acceptors (Lipinski definition) is 3. The van der Waals surface area contributed by atoms with E-state index in [0.717, 1.165) is 0 Å². The van der Waals surface area contributed by atoms with Gasteiger partial charge in [-0.15, -0.1) is 11.8 Å². The lowest BCUT2D eigenvalue weighted by Crippen LogP contribution is -2.15. The van der Waals surface area contributed by atoms with E-state index < -0.39 is 0 Å². The first-order valence-corrected chi connectivity index (χ1v) is 6.09. The Morgan fingerprint density at radius 2 is 2.12 bits per heavy atom. The van der Waals surface area contributed by atoms with Crippen LogP contribution in [0.2, 0.25) is 0 Å². The van der Waals surface area contributed by atoms with E-state index in [4.69, 9.17) is 4.74 Å². The van der Waals surface area contributed by atoms with Gasteiger partial charge in [0.2, 0.25) is 0 Å². The molecule has 0 atom stereocenters. The van der Waals surface area contributed by atoms with Crippen molar-refractivity contribution >= 4 is 17.5 Å². The van der Waals surface area contributed by atoms with Crippen molar-refractivity contribution < 1.29 is 13.9 Å². The van der Waals surface area contributed by atoms with E-state index in [2.05, 4.69) is 0 Å². The van der Waals surface area contributed by atoms with Gasteiger partial charge in [0.15, 0.2) is 5.78 Å². The second-order valence-electron chi connectivity index (χ2n) is 3.62. The van der Waals surface area contributed by atoms with E-state index in [0.29, 0.717) is 4.90 Å². The average Bonchev–Trinajstić information content (AvgIpc) is 2.25. The van der Waals surface area contributed by atoms with Crippen LogP contribution in [-0.4, -0.2) is 24.2 Å². The fraction of sp³-hybridized carbons (Fsp3) is 0.417. The molecule has 4 heteroatoms. The van der Waals surface area contributed by atoms with E-state index >= 15 is 0 Å². The Morgan fingerprint density at radius 3 is 2.75 bits per heavy atom. The van der Waals surface area contributed by atoms with Gasteiger partial charge in [-0.3, -0.25) is 4.79 Å². The molecule has 0 spiro atoms. The summed E-state index contributed by atoms with van der Waals surface area (Å²) in [6.45, 7) is 3.84. The highest BCUT2D eigenvalue weighted by Crippen LogP contribution is 2.20. The molecule has 2 nitrogen and oxygen atoms in total. The lowest BCUT2D eigenvalue weighted by Gasteiger charge is -2.06. The van der Waals surface area contributed by atoms with Crippen molar-refractivity contribution in [2.24, 2.45) is 0 Å². The summed E-state index contributed by atoms with van der Waals surface area (Å²) in [4.78, 5) is 11.9. The molecular formula is C12H15FO2S. The average molecular weight is 242 g/mol. The van der Waals surface area contributed by atoms with Crippen molar-refractivity contribution in [1.82, 2.24) is 0 Å². The van der Waals surface area contributed by atoms with Gasteiger partial charge in [-0.2, -0.15) is 0 Å². The zero-order valence-corrected chi connectivity index (χ0v) is 10.2. The van der Waals surface area contributed by atoms with Gasteiger partial charge >= 0.3 is 0 Å². The number of carbonyl (C=O) groups is 1. The molecule has 0 amide bonds. The molecule has 0 aliphatic carbocycles. The summed E-state index contributed by atoms with van der Waals surface area (Å²) in [5.41, 5.74) is 0. The lowest BCUT2D eigenvalue weighted by molar-refractivity contribution is -0.122. The van der Waals surface area contributed by atoms with Crippen molar-refractivity contribution in [2.75, 3.05) is 12.4 Å². The predicted molar refractivity (Wildman–Crippen MR) is 63.2 cm³/mol. The monoisotopic (exact) mass is 242 g/mol. The summed E-state index contributed by atoms with van der Waals surface area (Å²) in [6, 6.07) is 6.43. The van der Waals surface area contributed by atoms with Crippen LogP contribution >= 0.6 is 11.8 Å². The Balaban J connectivity index is 2.35. The highest BCUT2D eigenvalue weighted by molar-refractivity contribution is 8.00. The summed E-state index contributed by atoms with van der Waals surface area (Å²) < 4.78 is 18.4. The quantitative estimate of drug-likeness (QED) is 0.717. The number of carbonyl (C=O) groups excluding carboxylic acids is 1. The summed E-state index contributed by atoms with van der Waals surface area (Å²) >= 11 is 1.20. The molecule has 0 saturated carbocycles. The molecule has 0 aliphatic rings. The van der Waals surface area contributed by atoms with Gasteiger partial charge in [0.05, 0.1) is 11.9 Å². The van der Waals surface area contributed by atoms with Crippen molar-refractivity contribution in [3.63, 3.8) is 0 Å². The van der Waals surface area contributed by atoms with E-state index in [1.807, 2.05) is 13.8 Å². The summed E-state index contributed by atoms with van der Waals surface area (Å²) in [5, 5.41) is 0. The molecular weight excluding hydrogens is 227 g/mol. The fourth-order valence-corrected chi connectivity index (χ4v) is 1.80. The van der Waals surface area contributed by atoms with Crippen LogP contribution in [0.15, 0.2) is 29.2 Å². The predicted octanol–water partition coefficient (Wildman–Crippen LogP) is 2.91. The maximum absolute atomic E-state index is 13.2. The molecule has 88 valence electrons. The van der Waals surface area contributed by atoms with Crippen molar-refractivity contribution in [3.05, 3.63) is 30.1 Å². The standard InChI is InChI=1S/C12H15FO2S/c1-9(2)15-7-10(14)8-16-12-6-4-3-5-11(12)13/h3-6,9H,7-8H2,1-2H3. The maximum Gasteiger partial charge on any atom is 0.168 e. The molecule has 0 fully saturated rings. The van der Waals surface area contributed by atoms with E-state index in [1.54, 1.807) is 18.2 Å². The molecule has 0 aromatic heterocycles. The third-order valence-corrected chi connectivity index (χ3v) is 2.91. The minimum atomic E-state index is -0.287. The first-order chi connectivity index (χ1) is 7.59. The van der Waals surface area contributed by atoms with Crippen LogP contribution in [0.1, 0.15) is 13.8 Å². The SMILES string of the molecule is CC(C)OCC(=O)CSc1ccccc1F. The van der Waals surface area contributed by atoms with Gasteiger partial charge in [-0.25, -0.2) is 4.39 Å². The lowest BCUT2D eigenvalue weighted by atomic mass is 10.3. The van der Waals surface area contributed by atoms with Gasteiger partial charge in [0, 0.05) is 4.90 Å². The molecule has 1 aromatic rings. The minimum Gasteiger partial charge on any atom is -0.371 e. The normalized spacial score (nSPS) is 10.8. The Kier molecular flexibility index (Phi) is 5.49. The molecule has 0 N–H and O–H groups in total. The maximum atomic E-state index is 13.2. The Morgan fingerprint density at radius 1 is 1.44 bits per heavy atom. The number of rotatable bonds is 6. The molecule has 0 saturated heterocycles. The number of thioether (sulfide) groups is 1. The van der Waals surface area contributed by atoms with Crippen LogP contribution in [0.3, 0.4) is 0 Å². The van der Waals surface area contributed by atoms with Crippen LogP contribution in [0.5, 0.6) is 0 Å². The second kappa shape index (κ2) is 6.66. The van der Waals surface area contributed by atoms with Gasteiger partial charge < -0.3 is 4.74 Å². The number of halogens is 1. The molecule has 0 heterocycles. The third-order valence-electron chi connectivity index (χ3n) is 1.80. The Labute approximate surface area is 99.2 Å². The minimum absolute atomic E-state index is 0.0260. The highest BCUT2D eigenvalue weighted by Gasteiger charge is 2.07. The summed E-state index contributed by atoms with van der Waals surface area (Å²) in [6.07, 6.45) is 0.0439. The zero-order chi connectivity index (χ0) is 12.0. The molecule has 0 radical (unpaired) electrons. The molecule has 0 bridgehead atoms. The van der Waals surface area contributed by atoms with Crippen LogP contribution in [0, 0.1) is 5.82 Å². The van der Waals surface area contributed by atoms with Crippen molar-refractivity contribution in [2.45, 2.75) is 24.8 Å². The topological polar surface area (TPSA) is 26.3 Å². The molecule has 0 unspecified atom stereocenters. The number of Topliss-reactive ketones (excluding diaryl/α,β-unsaturated/α-hetero) is 1. The second-order valence-corrected chi connectivity index (χ2v) is 4.63. The van der Waals surface area contributed by atoms with Gasteiger partial charge in [0.25, 0.3) is 0 Å². The molecule has 1 aromatic carbocycles. The van der Waals surface area contributed by atoms with Crippen LogP contribution in [0.4, 0.5) is 4.39 Å². The molecule has 16 heavy (non-hydrogen) atoms. The van der Waals surface area contributed by atoms with Crippen LogP contribution in [0.25, 0.3) is 0 Å². The number of benzene rings is 1. The summed E-state index contributed by atoms with van der Waals surface area (Å²) in [7, 11) is 0. The smallest absolute Gasteiger partial charge is 0.168 e. The number of hydrogen-bond donors (Lipinski definition) is 0. The Bertz CT molecular complexity index is 353. The Hall–Kier alpha value is -0.870. The van der Waals surface area contributed by atoms with E-state index in [1.165, 1.54) is 17.8 Å². The van der Waals surface area contributed by atoms with Crippen LogP contribution < -0.4 is 0 Å². The number of ether oxygens (including phenoxy) is 1. The first-order valence-electron chi connectivity index (χ1n) is 5.10. The first kappa shape index (κ1) is 13.2. The van der Waals surface area contributed by atoms with Crippen molar-refractivity contribution in [1.29, 1.82) is 0 Å². The third kappa shape index (κ3) is 4.77. The van der Waals surface area contributed by atoms with E-state index in [-0.39, 0.29) is 30.1 Å². The molecule has 0 aliphatic heterocycles. The molecule has 1 rings (SSSR count). The zero-order valence-electron chi connectivity index (χ0n) is 9.40.